The minimum absolute atomic E-state index is 0.324. The lowest BCUT2D eigenvalue weighted by Crippen LogP contribution is -2.50. The summed E-state index contributed by atoms with van der Waals surface area (Å²) in [4.78, 5) is 23.3. The van der Waals surface area contributed by atoms with Crippen LogP contribution in [0.5, 0.6) is 0 Å². The second-order valence-corrected chi connectivity index (χ2v) is 5.64. The standard InChI is InChI=1S/C13H22N2O4/c1-8(14-12(18)19-13(2,3)4)11(17)15-9-6-5-7-10(9)16/h5,7-10,16H,6H2,1-4H3,(H,14,18)(H,15,17)/t8-,9-,10+/m0/s1. The van der Waals surface area contributed by atoms with Crippen LogP contribution in [0.3, 0.4) is 0 Å². The maximum absolute atomic E-state index is 11.8. The van der Waals surface area contributed by atoms with Crippen LogP contribution >= 0.6 is 0 Å². The largest absolute Gasteiger partial charge is 0.444 e. The fraction of sp³-hybridized carbons (Fsp3) is 0.692. The zero-order valence-corrected chi connectivity index (χ0v) is 11.8. The highest BCUT2D eigenvalue weighted by Crippen LogP contribution is 2.11. The lowest BCUT2D eigenvalue weighted by molar-refractivity contribution is -0.124. The number of alkyl carbamates (subject to hydrolysis) is 1. The quantitative estimate of drug-likeness (QED) is 0.659. The van der Waals surface area contributed by atoms with Gasteiger partial charge in [0.15, 0.2) is 0 Å². The van der Waals surface area contributed by atoms with Gasteiger partial charge in [0.1, 0.15) is 11.6 Å². The normalized spacial score (nSPS) is 23.8. The van der Waals surface area contributed by atoms with Crippen LogP contribution in [-0.4, -0.2) is 40.9 Å². The molecule has 1 aliphatic carbocycles. The highest BCUT2D eigenvalue weighted by molar-refractivity contribution is 5.85. The third kappa shape index (κ3) is 5.30. The van der Waals surface area contributed by atoms with Crippen molar-refractivity contribution in [1.82, 2.24) is 10.6 Å². The number of ether oxygens (including phenoxy) is 1. The molecule has 3 atom stereocenters. The first-order chi connectivity index (χ1) is 8.69. The summed E-state index contributed by atoms with van der Waals surface area (Å²) in [6, 6.07) is -1.04. The highest BCUT2D eigenvalue weighted by atomic mass is 16.6. The number of aliphatic hydroxyl groups is 1. The topological polar surface area (TPSA) is 87.7 Å². The van der Waals surface area contributed by atoms with Gasteiger partial charge in [-0.05, 0) is 34.1 Å². The van der Waals surface area contributed by atoms with E-state index in [1.807, 2.05) is 6.08 Å². The van der Waals surface area contributed by atoms with Gasteiger partial charge in [-0.1, -0.05) is 12.2 Å². The molecule has 19 heavy (non-hydrogen) atoms. The molecule has 1 rings (SSSR count). The van der Waals surface area contributed by atoms with Crippen LogP contribution in [0, 0.1) is 0 Å². The summed E-state index contributed by atoms with van der Waals surface area (Å²) in [5.41, 5.74) is -0.605. The maximum Gasteiger partial charge on any atom is 0.408 e. The molecule has 1 aliphatic rings. The van der Waals surface area contributed by atoms with E-state index in [0.717, 1.165) is 0 Å². The summed E-state index contributed by atoms with van der Waals surface area (Å²) >= 11 is 0. The molecule has 0 aliphatic heterocycles. The Morgan fingerprint density at radius 2 is 2.05 bits per heavy atom. The smallest absolute Gasteiger partial charge is 0.408 e. The Morgan fingerprint density at radius 1 is 1.42 bits per heavy atom. The minimum atomic E-state index is -0.720. The van der Waals surface area contributed by atoms with Gasteiger partial charge in [0.2, 0.25) is 5.91 Å². The first-order valence-corrected chi connectivity index (χ1v) is 6.33. The molecular weight excluding hydrogens is 248 g/mol. The van der Waals surface area contributed by atoms with Crippen molar-refractivity contribution in [2.75, 3.05) is 0 Å². The van der Waals surface area contributed by atoms with Gasteiger partial charge in [-0.15, -0.1) is 0 Å². The van der Waals surface area contributed by atoms with Crippen LogP contribution in [0.4, 0.5) is 4.79 Å². The number of amides is 2. The molecule has 0 fully saturated rings. The number of hydrogen-bond acceptors (Lipinski definition) is 4. The van der Waals surface area contributed by atoms with Gasteiger partial charge in [-0.2, -0.15) is 0 Å². The Morgan fingerprint density at radius 3 is 2.53 bits per heavy atom. The van der Waals surface area contributed by atoms with E-state index < -0.39 is 23.8 Å². The van der Waals surface area contributed by atoms with E-state index in [2.05, 4.69) is 10.6 Å². The third-order valence-corrected chi connectivity index (χ3v) is 2.59. The summed E-state index contributed by atoms with van der Waals surface area (Å²) in [7, 11) is 0. The summed E-state index contributed by atoms with van der Waals surface area (Å²) in [6.07, 6.45) is 2.72. The molecule has 0 aromatic carbocycles. The molecule has 0 aromatic rings. The van der Waals surface area contributed by atoms with Crippen molar-refractivity contribution in [3.05, 3.63) is 12.2 Å². The molecule has 3 N–H and O–H groups in total. The number of aliphatic hydroxyl groups excluding tert-OH is 1. The Bertz CT molecular complexity index is 373. The zero-order chi connectivity index (χ0) is 14.6. The van der Waals surface area contributed by atoms with Crippen molar-refractivity contribution in [1.29, 1.82) is 0 Å². The van der Waals surface area contributed by atoms with E-state index in [1.165, 1.54) is 0 Å². The summed E-state index contributed by atoms with van der Waals surface area (Å²) in [5, 5.41) is 14.7. The van der Waals surface area contributed by atoms with Gasteiger partial charge in [0.05, 0.1) is 12.1 Å². The number of rotatable bonds is 3. The maximum atomic E-state index is 11.8. The molecule has 0 saturated carbocycles. The van der Waals surface area contributed by atoms with Gasteiger partial charge < -0.3 is 20.5 Å². The van der Waals surface area contributed by atoms with Crippen molar-refractivity contribution in [3.63, 3.8) is 0 Å². The molecule has 6 nitrogen and oxygen atoms in total. The second-order valence-electron chi connectivity index (χ2n) is 5.64. The van der Waals surface area contributed by atoms with Gasteiger partial charge >= 0.3 is 6.09 Å². The molecule has 0 unspecified atom stereocenters. The lowest BCUT2D eigenvalue weighted by atomic mass is 10.2. The molecule has 0 bridgehead atoms. The SMILES string of the molecule is C[C@H](NC(=O)OC(C)(C)C)C(=O)N[C@H]1CC=C[C@H]1O. The molecule has 0 spiro atoms. The first-order valence-electron chi connectivity index (χ1n) is 6.33. The van der Waals surface area contributed by atoms with Crippen molar-refractivity contribution in [2.45, 2.75) is 57.9 Å². The van der Waals surface area contributed by atoms with E-state index in [9.17, 15) is 14.7 Å². The van der Waals surface area contributed by atoms with Gasteiger partial charge in [0, 0.05) is 0 Å². The average molecular weight is 270 g/mol. The van der Waals surface area contributed by atoms with Crippen LogP contribution < -0.4 is 10.6 Å². The van der Waals surface area contributed by atoms with E-state index in [0.29, 0.717) is 6.42 Å². The van der Waals surface area contributed by atoms with Crippen molar-refractivity contribution in [3.8, 4) is 0 Å². The summed E-state index contributed by atoms with van der Waals surface area (Å²) in [5.74, 6) is -0.349. The highest BCUT2D eigenvalue weighted by Gasteiger charge is 2.26. The molecule has 0 aromatic heterocycles. The Labute approximate surface area is 113 Å². The second kappa shape index (κ2) is 6.06. The van der Waals surface area contributed by atoms with E-state index in [1.54, 1.807) is 33.8 Å². The number of carbonyl (C=O) groups is 2. The Kier molecular flexibility index (Phi) is 4.94. The third-order valence-electron chi connectivity index (χ3n) is 2.59. The molecule has 0 heterocycles. The van der Waals surface area contributed by atoms with Crippen LogP contribution in [-0.2, 0) is 9.53 Å². The molecule has 6 heteroatoms. The lowest BCUT2D eigenvalue weighted by Gasteiger charge is -2.23. The number of hydrogen-bond donors (Lipinski definition) is 3. The van der Waals surface area contributed by atoms with Gasteiger partial charge in [-0.25, -0.2) is 4.79 Å². The monoisotopic (exact) mass is 270 g/mol. The predicted octanol–water partition coefficient (Wildman–Crippen LogP) is 0.705. The van der Waals surface area contributed by atoms with E-state index in [-0.39, 0.29) is 11.9 Å². The Hall–Kier alpha value is -1.56. The number of nitrogens with one attached hydrogen (secondary N) is 2. The van der Waals surface area contributed by atoms with E-state index >= 15 is 0 Å². The molecule has 0 radical (unpaired) electrons. The van der Waals surface area contributed by atoms with Crippen LogP contribution in [0.2, 0.25) is 0 Å². The van der Waals surface area contributed by atoms with Gasteiger partial charge in [0.25, 0.3) is 0 Å². The van der Waals surface area contributed by atoms with Crippen molar-refractivity contribution in [2.24, 2.45) is 0 Å². The fourth-order valence-corrected chi connectivity index (χ4v) is 1.64. The summed E-state index contributed by atoms with van der Waals surface area (Å²) in [6.45, 7) is 6.81. The van der Waals surface area contributed by atoms with Crippen molar-refractivity contribution < 1.29 is 19.4 Å². The molecule has 0 saturated heterocycles. The van der Waals surface area contributed by atoms with Crippen LogP contribution in [0.1, 0.15) is 34.1 Å². The number of carbonyl (C=O) groups excluding carboxylic acids is 2. The van der Waals surface area contributed by atoms with E-state index in [4.69, 9.17) is 4.74 Å². The van der Waals surface area contributed by atoms with Crippen molar-refractivity contribution >= 4 is 12.0 Å². The Balaban J connectivity index is 2.38. The van der Waals surface area contributed by atoms with Gasteiger partial charge in [-0.3, -0.25) is 4.79 Å². The minimum Gasteiger partial charge on any atom is -0.444 e. The molecule has 108 valence electrons. The fourth-order valence-electron chi connectivity index (χ4n) is 1.64. The molecular formula is C13H22N2O4. The average Bonchev–Trinajstić information content (AvgIpc) is 2.61. The molecule has 2 amide bonds. The zero-order valence-electron chi connectivity index (χ0n) is 11.8. The van der Waals surface area contributed by atoms with Crippen LogP contribution in [0.15, 0.2) is 12.2 Å². The predicted molar refractivity (Wildman–Crippen MR) is 70.5 cm³/mol. The summed E-state index contributed by atoms with van der Waals surface area (Å²) < 4.78 is 5.06. The van der Waals surface area contributed by atoms with Crippen LogP contribution in [0.25, 0.3) is 0 Å². The first kappa shape index (κ1) is 15.5.